The van der Waals surface area contributed by atoms with E-state index >= 15 is 0 Å². The summed E-state index contributed by atoms with van der Waals surface area (Å²) in [5, 5.41) is 2.06. The molecule has 1 saturated heterocycles. The van der Waals surface area contributed by atoms with Crippen molar-refractivity contribution in [1.82, 2.24) is 9.88 Å². The maximum atomic E-state index is 11.8. The Morgan fingerprint density at radius 1 is 1.44 bits per heavy atom. The minimum atomic E-state index is 0.142. The number of rotatable bonds is 2. The van der Waals surface area contributed by atoms with Crippen LogP contribution in [0.3, 0.4) is 0 Å². The second-order valence-electron chi connectivity index (χ2n) is 4.80. The van der Waals surface area contributed by atoms with Crippen LogP contribution in [0, 0.1) is 5.92 Å². The fourth-order valence-electron chi connectivity index (χ4n) is 2.31. The molecule has 0 radical (unpaired) electrons. The van der Waals surface area contributed by atoms with E-state index in [1.165, 1.54) is 10.4 Å². The van der Waals surface area contributed by atoms with Crippen LogP contribution in [-0.4, -0.2) is 43.0 Å². The summed E-state index contributed by atoms with van der Waals surface area (Å²) in [5.41, 5.74) is 2.25. The first kappa shape index (κ1) is 11.5. The molecule has 1 aliphatic heterocycles. The highest BCUT2D eigenvalue weighted by Gasteiger charge is 2.34. The molecule has 3 heterocycles. The molecule has 5 heteroatoms. The van der Waals surface area contributed by atoms with Crippen molar-refractivity contribution in [2.45, 2.75) is 0 Å². The standard InChI is InChI=1S/C13H15N3OS/c1-15(2)13(17)9-7-16(8-9)11-3-5-14-10-4-6-18-12(10)11/h3-6,9H,7-8H2,1-2H3. The van der Waals surface area contributed by atoms with Gasteiger partial charge in [0.1, 0.15) is 0 Å². The summed E-state index contributed by atoms with van der Waals surface area (Å²) >= 11 is 1.71. The van der Waals surface area contributed by atoms with Gasteiger partial charge in [0.2, 0.25) is 5.91 Å². The number of thiophene rings is 1. The van der Waals surface area contributed by atoms with Crippen LogP contribution in [0.1, 0.15) is 0 Å². The van der Waals surface area contributed by atoms with Gasteiger partial charge in [-0.3, -0.25) is 9.78 Å². The molecule has 2 aromatic heterocycles. The zero-order valence-electron chi connectivity index (χ0n) is 10.5. The number of amides is 1. The summed E-state index contributed by atoms with van der Waals surface area (Å²) in [5.74, 6) is 0.367. The molecule has 3 rings (SSSR count). The van der Waals surface area contributed by atoms with Crippen molar-refractivity contribution in [3.63, 3.8) is 0 Å². The maximum absolute atomic E-state index is 11.8. The van der Waals surface area contributed by atoms with Crippen molar-refractivity contribution in [2.24, 2.45) is 5.92 Å². The van der Waals surface area contributed by atoms with Gasteiger partial charge < -0.3 is 9.80 Å². The second-order valence-corrected chi connectivity index (χ2v) is 5.72. The summed E-state index contributed by atoms with van der Waals surface area (Å²) in [4.78, 5) is 20.1. The highest BCUT2D eigenvalue weighted by atomic mass is 32.1. The SMILES string of the molecule is CN(C)C(=O)C1CN(c2ccnc3ccsc23)C1. The fraction of sp³-hybridized carbons (Fsp3) is 0.385. The number of carbonyl (C=O) groups is 1. The normalized spacial score (nSPS) is 15.8. The van der Waals surface area contributed by atoms with Gasteiger partial charge in [-0.1, -0.05) is 0 Å². The minimum absolute atomic E-state index is 0.142. The third kappa shape index (κ3) is 1.75. The van der Waals surface area contributed by atoms with Crippen LogP contribution in [0.5, 0.6) is 0 Å². The topological polar surface area (TPSA) is 36.4 Å². The molecule has 0 atom stereocenters. The van der Waals surface area contributed by atoms with Gasteiger partial charge in [0.05, 0.1) is 21.8 Å². The molecule has 2 aromatic rings. The Morgan fingerprint density at radius 2 is 2.22 bits per heavy atom. The lowest BCUT2D eigenvalue weighted by Gasteiger charge is -2.41. The zero-order valence-corrected chi connectivity index (χ0v) is 11.3. The lowest BCUT2D eigenvalue weighted by Crippen LogP contribution is -2.53. The molecule has 1 fully saturated rings. The summed E-state index contributed by atoms with van der Waals surface area (Å²) in [6.45, 7) is 1.63. The van der Waals surface area contributed by atoms with E-state index in [2.05, 4.69) is 15.3 Å². The molecular weight excluding hydrogens is 246 g/mol. The third-order valence-corrected chi connectivity index (χ3v) is 4.26. The number of fused-ring (bicyclic) bond motifs is 1. The molecule has 0 saturated carbocycles. The van der Waals surface area contributed by atoms with Crippen molar-refractivity contribution >= 4 is 33.1 Å². The molecule has 1 aliphatic rings. The van der Waals surface area contributed by atoms with Gasteiger partial charge in [0, 0.05) is 33.4 Å². The second kappa shape index (κ2) is 4.24. The lowest BCUT2D eigenvalue weighted by molar-refractivity contribution is -0.133. The number of anilines is 1. The molecule has 1 amide bonds. The molecule has 0 unspecified atom stereocenters. The van der Waals surface area contributed by atoms with Gasteiger partial charge in [-0.2, -0.15) is 0 Å². The average molecular weight is 261 g/mol. The van der Waals surface area contributed by atoms with E-state index in [9.17, 15) is 4.79 Å². The lowest BCUT2D eigenvalue weighted by atomic mass is 9.98. The Bertz CT molecular complexity index is 587. The van der Waals surface area contributed by atoms with Crippen LogP contribution in [0.15, 0.2) is 23.7 Å². The van der Waals surface area contributed by atoms with Gasteiger partial charge in [-0.05, 0) is 17.5 Å². The van der Waals surface area contributed by atoms with Crippen LogP contribution in [-0.2, 0) is 4.79 Å². The molecule has 0 bridgehead atoms. The van der Waals surface area contributed by atoms with Gasteiger partial charge in [-0.25, -0.2) is 0 Å². The number of pyridine rings is 1. The van der Waals surface area contributed by atoms with Crippen molar-refractivity contribution in [3.05, 3.63) is 23.7 Å². The predicted molar refractivity (Wildman–Crippen MR) is 74.0 cm³/mol. The molecule has 4 nitrogen and oxygen atoms in total. The molecule has 0 N–H and O–H groups in total. The van der Waals surface area contributed by atoms with Crippen molar-refractivity contribution in [3.8, 4) is 0 Å². The van der Waals surface area contributed by atoms with Gasteiger partial charge in [0.15, 0.2) is 0 Å². The fourth-order valence-corrected chi connectivity index (χ4v) is 3.20. The zero-order chi connectivity index (χ0) is 12.7. The highest BCUT2D eigenvalue weighted by Crippen LogP contribution is 2.34. The average Bonchev–Trinajstić information content (AvgIpc) is 2.75. The number of hydrogen-bond acceptors (Lipinski definition) is 4. The molecule has 18 heavy (non-hydrogen) atoms. The Balaban J connectivity index is 1.79. The largest absolute Gasteiger partial charge is 0.369 e. The predicted octanol–water partition coefficient (Wildman–Crippen LogP) is 1.82. The quantitative estimate of drug-likeness (QED) is 0.827. The van der Waals surface area contributed by atoms with Crippen LogP contribution in [0.25, 0.3) is 10.2 Å². The number of hydrogen-bond donors (Lipinski definition) is 0. The smallest absolute Gasteiger partial charge is 0.228 e. The number of aromatic nitrogens is 1. The first-order valence-corrected chi connectivity index (χ1v) is 6.83. The minimum Gasteiger partial charge on any atom is -0.369 e. The summed E-state index contributed by atoms with van der Waals surface area (Å²) in [7, 11) is 3.63. The van der Waals surface area contributed by atoms with E-state index in [0.717, 1.165) is 18.6 Å². The summed E-state index contributed by atoms with van der Waals surface area (Å²) < 4.78 is 1.22. The van der Waals surface area contributed by atoms with Crippen LogP contribution >= 0.6 is 11.3 Å². The van der Waals surface area contributed by atoms with E-state index in [1.807, 2.05) is 32.4 Å². The van der Waals surface area contributed by atoms with Gasteiger partial charge in [-0.15, -0.1) is 11.3 Å². The molecular formula is C13H15N3OS. The highest BCUT2D eigenvalue weighted by molar-refractivity contribution is 7.17. The first-order valence-electron chi connectivity index (χ1n) is 5.95. The van der Waals surface area contributed by atoms with Crippen LogP contribution in [0.2, 0.25) is 0 Å². The van der Waals surface area contributed by atoms with Gasteiger partial charge in [0.25, 0.3) is 0 Å². The Kier molecular flexibility index (Phi) is 2.70. The molecule has 0 aromatic carbocycles. The van der Waals surface area contributed by atoms with Crippen molar-refractivity contribution < 1.29 is 4.79 Å². The van der Waals surface area contributed by atoms with E-state index in [4.69, 9.17) is 0 Å². The Morgan fingerprint density at radius 3 is 2.94 bits per heavy atom. The summed E-state index contributed by atoms with van der Waals surface area (Å²) in [6.07, 6.45) is 1.84. The van der Waals surface area contributed by atoms with Crippen molar-refractivity contribution in [1.29, 1.82) is 0 Å². The van der Waals surface area contributed by atoms with E-state index in [0.29, 0.717) is 0 Å². The summed E-state index contributed by atoms with van der Waals surface area (Å²) in [6, 6.07) is 4.07. The van der Waals surface area contributed by atoms with Gasteiger partial charge >= 0.3 is 0 Å². The van der Waals surface area contributed by atoms with E-state index in [1.54, 1.807) is 16.2 Å². The molecule has 94 valence electrons. The third-order valence-electron chi connectivity index (χ3n) is 3.34. The van der Waals surface area contributed by atoms with Crippen molar-refractivity contribution in [2.75, 3.05) is 32.1 Å². The van der Waals surface area contributed by atoms with E-state index in [-0.39, 0.29) is 11.8 Å². The number of nitrogens with zero attached hydrogens (tertiary/aromatic N) is 3. The monoisotopic (exact) mass is 261 g/mol. The van der Waals surface area contributed by atoms with Crippen LogP contribution < -0.4 is 4.90 Å². The Labute approximate surface area is 110 Å². The Hall–Kier alpha value is -1.62. The first-order chi connectivity index (χ1) is 8.66. The molecule has 0 aliphatic carbocycles. The molecule has 0 spiro atoms. The maximum Gasteiger partial charge on any atom is 0.228 e. The van der Waals surface area contributed by atoms with Crippen LogP contribution in [0.4, 0.5) is 5.69 Å². The number of carbonyl (C=O) groups excluding carboxylic acids is 1. The van der Waals surface area contributed by atoms with E-state index < -0.39 is 0 Å².